The minimum atomic E-state index is -0.509. The van der Waals surface area contributed by atoms with Gasteiger partial charge >= 0.3 is 5.97 Å². The van der Waals surface area contributed by atoms with E-state index in [1.54, 1.807) is 24.3 Å². The average molecular weight is 466 g/mol. The van der Waals surface area contributed by atoms with Gasteiger partial charge in [-0.05, 0) is 48.9 Å². The first-order chi connectivity index (χ1) is 13.9. The molecule has 1 N–H and O–H groups in total. The molecular weight excluding hydrogens is 449 g/mol. The first-order valence-electron chi connectivity index (χ1n) is 8.55. The zero-order valence-corrected chi connectivity index (χ0v) is 18.8. The molecule has 0 saturated carbocycles. The molecule has 1 heterocycles. The van der Waals surface area contributed by atoms with E-state index in [2.05, 4.69) is 5.32 Å². The number of nitrogens with one attached hydrogen (secondary N) is 1. The molecule has 0 fully saturated rings. The summed E-state index contributed by atoms with van der Waals surface area (Å²) in [5.74, 6) is -0.523. The number of halogens is 2. The molecule has 3 rings (SSSR count). The van der Waals surface area contributed by atoms with E-state index in [9.17, 15) is 9.59 Å². The van der Waals surface area contributed by atoms with Crippen LogP contribution < -0.4 is 5.32 Å². The Morgan fingerprint density at radius 2 is 1.83 bits per heavy atom. The number of carbonyl (C=O) groups excluding carboxylic acids is 2. The van der Waals surface area contributed by atoms with E-state index in [0.717, 1.165) is 15.3 Å². The molecule has 3 aromatic rings. The van der Waals surface area contributed by atoms with Crippen molar-refractivity contribution in [3.05, 3.63) is 69.0 Å². The van der Waals surface area contributed by atoms with Gasteiger partial charge in [0, 0.05) is 25.4 Å². The molecule has 2 aromatic carbocycles. The van der Waals surface area contributed by atoms with Crippen LogP contribution in [0.3, 0.4) is 0 Å². The predicted octanol–water partition coefficient (Wildman–Crippen LogP) is 6.55. The smallest absolute Gasteiger partial charge is 0.341 e. The first-order valence-corrected chi connectivity index (χ1v) is 11.1. The Morgan fingerprint density at radius 1 is 1.10 bits per heavy atom. The summed E-state index contributed by atoms with van der Waals surface area (Å²) in [6.07, 6.45) is 0. The molecule has 0 aliphatic rings. The Morgan fingerprint density at radius 3 is 2.48 bits per heavy atom. The van der Waals surface area contributed by atoms with Crippen LogP contribution in [0.5, 0.6) is 0 Å². The Kier molecular flexibility index (Phi) is 7.24. The van der Waals surface area contributed by atoms with E-state index in [4.69, 9.17) is 27.9 Å². The number of thiophene rings is 1. The van der Waals surface area contributed by atoms with Crippen LogP contribution >= 0.6 is 46.3 Å². The second kappa shape index (κ2) is 9.67. The van der Waals surface area contributed by atoms with Gasteiger partial charge in [-0.3, -0.25) is 4.79 Å². The molecule has 0 spiro atoms. The number of esters is 1. The maximum absolute atomic E-state index is 12.5. The fourth-order valence-corrected chi connectivity index (χ4v) is 4.86. The number of rotatable bonds is 6. The third-order valence-electron chi connectivity index (χ3n) is 4.02. The minimum absolute atomic E-state index is 0.200. The van der Waals surface area contributed by atoms with Crippen molar-refractivity contribution in [2.45, 2.75) is 11.8 Å². The average Bonchev–Trinajstić information content (AvgIpc) is 3.02. The molecule has 0 unspecified atom stereocenters. The van der Waals surface area contributed by atoms with Gasteiger partial charge in [0.05, 0.1) is 12.9 Å². The van der Waals surface area contributed by atoms with Crippen molar-refractivity contribution in [2.75, 3.05) is 18.2 Å². The highest BCUT2D eigenvalue weighted by molar-refractivity contribution is 8.00. The number of hydrogen-bond donors (Lipinski definition) is 1. The fourth-order valence-electron chi connectivity index (χ4n) is 2.76. The summed E-state index contributed by atoms with van der Waals surface area (Å²) in [6, 6.07) is 14.5. The zero-order valence-electron chi connectivity index (χ0n) is 15.6. The highest BCUT2D eigenvalue weighted by Gasteiger charge is 2.25. The second-order valence-corrected chi connectivity index (χ2v) is 9.18. The molecule has 0 atom stereocenters. The number of anilines is 1. The summed E-state index contributed by atoms with van der Waals surface area (Å²) < 4.78 is 4.97. The number of ether oxygens (including phenoxy) is 1. The number of thioether (sulfide) groups is 1. The molecule has 29 heavy (non-hydrogen) atoms. The van der Waals surface area contributed by atoms with Gasteiger partial charge in [0.2, 0.25) is 5.91 Å². The number of amides is 1. The van der Waals surface area contributed by atoms with Crippen molar-refractivity contribution in [2.24, 2.45) is 0 Å². The molecule has 0 aliphatic heterocycles. The first kappa shape index (κ1) is 21.7. The monoisotopic (exact) mass is 465 g/mol. The SMILES string of the molecule is COC(=O)c1c(NC(=O)CSc2ccc(Cl)cc2)sc(C)c1-c1cccc(Cl)c1. The molecule has 0 saturated heterocycles. The van der Waals surface area contributed by atoms with Crippen LogP contribution in [-0.2, 0) is 9.53 Å². The van der Waals surface area contributed by atoms with Gasteiger partial charge < -0.3 is 10.1 Å². The van der Waals surface area contributed by atoms with Crippen LogP contribution in [0.2, 0.25) is 10.0 Å². The van der Waals surface area contributed by atoms with Crippen LogP contribution in [0, 0.1) is 6.92 Å². The van der Waals surface area contributed by atoms with Crippen LogP contribution in [0.4, 0.5) is 5.00 Å². The maximum Gasteiger partial charge on any atom is 0.341 e. The summed E-state index contributed by atoms with van der Waals surface area (Å²) >= 11 is 14.7. The molecule has 0 radical (unpaired) electrons. The van der Waals surface area contributed by atoms with Gasteiger partial charge in [0.15, 0.2) is 0 Å². The van der Waals surface area contributed by atoms with Crippen molar-refractivity contribution < 1.29 is 14.3 Å². The van der Waals surface area contributed by atoms with Crippen molar-refractivity contribution in [3.8, 4) is 11.1 Å². The lowest BCUT2D eigenvalue weighted by atomic mass is 10.0. The van der Waals surface area contributed by atoms with Crippen molar-refractivity contribution in [1.29, 1.82) is 0 Å². The van der Waals surface area contributed by atoms with E-state index < -0.39 is 5.97 Å². The maximum atomic E-state index is 12.5. The van der Waals surface area contributed by atoms with E-state index >= 15 is 0 Å². The summed E-state index contributed by atoms with van der Waals surface area (Å²) in [6.45, 7) is 1.89. The fraction of sp³-hybridized carbons (Fsp3) is 0.143. The zero-order chi connectivity index (χ0) is 21.0. The second-order valence-electron chi connectivity index (χ2n) is 6.03. The Hall–Kier alpha value is -1.99. The molecule has 4 nitrogen and oxygen atoms in total. The third-order valence-corrected chi connectivity index (χ3v) is 6.54. The van der Waals surface area contributed by atoms with E-state index in [0.29, 0.717) is 26.2 Å². The van der Waals surface area contributed by atoms with Gasteiger partial charge in [-0.2, -0.15) is 0 Å². The summed E-state index contributed by atoms with van der Waals surface area (Å²) in [5.41, 5.74) is 1.84. The van der Waals surface area contributed by atoms with Gasteiger partial charge in [-0.1, -0.05) is 35.3 Å². The number of hydrogen-bond acceptors (Lipinski definition) is 5. The molecule has 0 bridgehead atoms. The predicted molar refractivity (Wildman–Crippen MR) is 122 cm³/mol. The van der Waals surface area contributed by atoms with Crippen LogP contribution in [-0.4, -0.2) is 24.7 Å². The normalized spacial score (nSPS) is 10.6. The molecule has 1 aromatic heterocycles. The molecule has 1 amide bonds. The van der Waals surface area contributed by atoms with E-state index in [1.807, 2.05) is 31.2 Å². The standard InChI is InChI=1S/C21H17Cl2NO3S2/c1-12-18(13-4-3-5-15(23)10-13)19(21(26)27-2)20(29-12)24-17(25)11-28-16-8-6-14(22)7-9-16/h3-10H,11H2,1-2H3,(H,24,25). The molecule has 150 valence electrons. The quantitative estimate of drug-likeness (QED) is 0.331. The molecular formula is C21H17Cl2NO3S2. The summed E-state index contributed by atoms with van der Waals surface area (Å²) in [7, 11) is 1.32. The summed E-state index contributed by atoms with van der Waals surface area (Å²) in [5, 5.41) is 4.52. The van der Waals surface area contributed by atoms with E-state index in [1.165, 1.54) is 30.2 Å². The number of benzene rings is 2. The van der Waals surface area contributed by atoms with Crippen molar-refractivity contribution in [1.82, 2.24) is 0 Å². The van der Waals surface area contributed by atoms with Crippen molar-refractivity contribution in [3.63, 3.8) is 0 Å². The lowest BCUT2D eigenvalue weighted by Gasteiger charge is -2.08. The highest BCUT2D eigenvalue weighted by atomic mass is 35.5. The Balaban J connectivity index is 1.85. The molecule has 0 aliphatic carbocycles. The molecule has 8 heteroatoms. The van der Waals surface area contributed by atoms with Gasteiger partial charge in [0.1, 0.15) is 10.6 Å². The Labute approximate surface area is 187 Å². The highest BCUT2D eigenvalue weighted by Crippen LogP contribution is 2.41. The number of carbonyl (C=O) groups is 2. The lowest BCUT2D eigenvalue weighted by Crippen LogP contribution is -2.16. The van der Waals surface area contributed by atoms with Gasteiger partial charge in [0.25, 0.3) is 0 Å². The van der Waals surface area contributed by atoms with Gasteiger partial charge in [-0.25, -0.2) is 4.79 Å². The van der Waals surface area contributed by atoms with E-state index in [-0.39, 0.29) is 11.7 Å². The lowest BCUT2D eigenvalue weighted by molar-refractivity contribution is -0.113. The minimum Gasteiger partial charge on any atom is -0.465 e. The number of aryl methyl sites for hydroxylation is 1. The van der Waals surface area contributed by atoms with Crippen LogP contribution in [0.1, 0.15) is 15.2 Å². The van der Waals surface area contributed by atoms with Crippen molar-refractivity contribution >= 4 is 63.2 Å². The third kappa shape index (κ3) is 5.34. The largest absolute Gasteiger partial charge is 0.465 e. The van der Waals surface area contributed by atoms with Gasteiger partial charge in [-0.15, -0.1) is 23.1 Å². The number of methoxy groups -OCH3 is 1. The topological polar surface area (TPSA) is 55.4 Å². The van der Waals surface area contributed by atoms with Crippen LogP contribution in [0.15, 0.2) is 53.4 Å². The summed E-state index contributed by atoms with van der Waals surface area (Å²) in [4.78, 5) is 26.8. The van der Waals surface area contributed by atoms with Crippen LogP contribution in [0.25, 0.3) is 11.1 Å². The Bertz CT molecular complexity index is 1050.